The lowest BCUT2D eigenvalue weighted by atomic mass is 10.1. The van der Waals surface area contributed by atoms with Gasteiger partial charge in [0.2, 0.25) is 17.6 Å². The van der Waals surface area contributed by atoms with Crippen molar-refractivity contribution in [1.29, 1.82) is 0 Å². The molecule has 1 aromatic carbocycles. The Morgan fingerprint density at radius 2 is 1.62 bits per heavy atom. The van der Waals surface area contributed by atoms with Gasteiger partial charge in [-0.25, -0.2) is 0 Å². The van der Waals surface area contributed by atoms with Crippen molar-refractivity contribution in [3.8, 4) is 17.2 Å². The first-order valence-electron chi connectivity index (χ1n) is 7.59. The Morgan fingerprint density at radius 3 is 2.15 bits per heavy atom. The molecule has 1 rings (SSSR count). The molecule has 0 aliphatic heterocycles. The zero-order chi connectivity index (χ0) is 19.7. The minimum atomic E-state index is -4.50. The number of methoxy groups -OCH3 is 3. The van der Waals surface area contributed by atoms with Gasteiger partial charge >= 0.3 is 6.18 Å². The van der Waals surface area contributed by atoms with E-state index in [1.54, 1.807) is 17.4 Å². The Hall–Kier alpha value is -2.65. The molecular weight excluding hydrogens is 357 g/mol. The lowest BCUT2D eigenvalue weighted by Crippen LogP contribution is -2.40. The van der Waals surface area contributed by atoms with Crippen LogP contribution in [-0.2, 0) is 16.0 Å². The SMILES string of the molecule is COc1ccc(CCC(=O)NCC(=O)NCC(F)(F)F)c(OC)c1OC. The van der Waals surface area contributed by atoms with Gasteiger partial charge in [-0.3, -0.25) is 9.59 Å². The summed E-state index contributed by atoms with van der Waals surface area (Å²) < 4.78 is 51.6. The normalized spacial score (nSPS) is 10.8. The molecule has 0 aliphatic rings. The zero-order valence-corrected chi connectivity index (χ0v) is 14.7. The lowest BCUT2D eigenvalue weighted by Gasteiger charge is -2.15. The maximum Gasteiger partial charge on any atom is 0.405 e. The van der Waals surface area contributed by atoms with E-state index < -0.39 is 31.1 Å². The number of benzene rings is 1. The van der Waals surface area contributed by atoms with Crippen molar-refractivity contribution in [3.63, 3.8) is 0 Å². The van der Waals surface area contributed by atoms with Gasteiger partial charge in [-0.15, -0.1) is 0 Å². The van der Waals surface area contributed by atoms with Crippen molar-refractivity contribution in [2.24, 2.45) is 0 Å². The maximum absolute atomic E-state index is 12.0. The predicted molar refractivity (Wildman–Crippen MR) is 86.5 cm³/mol. The smallest absolute Gasteiger partial charge is 0.405 e. The van der Waals surface area contributed by atoms with Crippen LogP contribution in [0.1, 0.15) is 12.0 Å². The van der Waals surface area contributed by atoms with E-state index in [2.05, 4.69) is 5.32 Å². The molecule has 0 fully saturated rings. The first kappa shape index (κ1) is 21.4. The highest BCUT2D eigenvalue weighted by Crippen LogP contribution is 2.40. The average molecular weight is 378 g/mol. The summed E-state index contributed by atoms with van der Waals surface area (Å²) in [6, 6.07) is 3.38. The molecular formula is C16H21F3N2O5. The van der Waals surface area contributed by atoms with Crippen molar-refractivity contribution in [1.82, 2.24) is 10.6 Å². The molecule has 0 aromatic heterocycles. The summed E-state index contributed by atoms with van der Waals surface area (Å²) in [5, 5.41) is 3.93. The molecule has 0 unspecified atom stereocenters. The van der Waals surface area contributed by atoms with Crippen LogP contribution in [0.5, 0.6) is 17.2 Å². The van der Waals surface area contributed by atoms with Crippen molar-refractivity contribution >= 4 is 11.8 Å². The van der Waals surface area contributed by atoms with Gasteiger partial charge in [-0.2, -0.15) is 13.2 Å². The summed E-state index contributed by atoms with van der Waals surface area (Å²) in [6.07, 6.45) is -4.21. The summed E-state index contributed by atoms with van der Waals surface area (Å²) in [5.74, 6) is -0.121. The van der Waals surface area contributed by atoms with Gasteiger partial charge in [-0.05, 0) is 18.1 Å². The Labute approximate surface area is 148 Å². The van der Waals surface area contributed by atoms with Gasteiger partial charge in [0.15, 0.2) is 11.5 Å². The third-order valence-electron chi connectivity index (χ3n) is 3.34. The number of carbonyl (C=O) groups is 2. The fourth-order valence-electron chi connectivity index (χ4n) is 2.14. The van der Waals surface area contributed by atoms with Gasteiger partial charge in [0, 0.05) is 6.42 Å². The number of hydrogen-bond donors (Lipinski definition) is 2. The second-order valence-electron chi connectivity index (χ2n) is 5.16. The number of carbonyl (C=O) groups excluding carboxylic acids is 2. The summed E-state index contributed by atoms with van der Waals surface area (Å²) in [4.78, 5) is 23.0. The second-order valence-corrected chi connectivity index (χ2v) is 5.16. The van der Waals surface area contributed by atoms with Gasteiger partial charge in [0.25, 0.3) is 0 Å². The van der Waals surface area contributed by atoms with Crippen LogP contribution >= 0.6 is 0 Å². The van der Waals surface area contributed by atoms with Crippen molar-refractivity contribution in [2.75, 3.05) is 34.4 Å². The summed E-state index contributed by atoms with van der Waals surface area (Å²) in [6.45, 7) is -1.97. The highest BCUT2D eigenvalue weighted by Gasteiger charge is 2.27. The first-order chi connectivity index (χ1) is 12.2. The van der Waals surface area contributed by atoms with E-state index in [9.17, 15) is 22.8 Å². The van der Waals surface area contributed by atoms with Gasteiger partial charge < -0.3 is 24.8 Å². The van der Waals surface area contributed by atoms with Crippen LogP contribution in [0.4, 0.5) is 13.2 Å². The van der Waals surface area contributed by atoms with Crippen molar-refractivity contribution in [2.45, 2.75) is 19.0 Å². The Balaban J connectivity index is 2.56. The molecule has 26 heavy (non-hydrogen) atoms. The van der Waals surface area contributed by atoms with Crippen LogP contribution in [0.15, 0.2) is 12.1 Å². The minimum Gasteiger partial charge on any atom is -0.493 e. The number of rotatable bonds is 9. The molecule has 0 saturated carbocycles. The molecule has 10 heteroatoms. The van der Waals surface area contributed by atoms with Crippen LogP contribution in [0.2, 0.25) is 0 Å². The zero-order valence-electron chi connectivity index (χ0n) is 14.7. The topological polar surface area (TPSA) is 85.9 Å². The lowest BCUT2D eigenvalue weighted by molar-refractivity contribution is -0.138. The Morgan fingerprint density at radius 1 is 0.962 bits per heavy atom. The number of aryl methyl sites for hydroxylation is 1. The van der Waals surface area contributed by atoms with E-state index in [4.69, 9.17) is 14.2 Å². The van der Waals surface area contributed by atoms with E-state index in [1.807, 2.05) is 0 Å². The van der Waals surface area contributed by atoms with E-state index in [0.717, 1.165) is 0 Å². The molecule has 0 saturated heterocycles. The number of amides is 2. The molecule has 0 atom stereocenters. The molecule has 0 aliphatic carbocycles. The van der Waals surface area contributed by atoms with Gasteiger partial charge in [-0.1, -0.05) is 6.07 Å². The van der Waals surface area contributed by atoms with E-state index in [1.165, 1.54) is 21.3 Å². The molecule has 146 valence electrons. The third kappa shape index (κ3) is 6.69. The van der Waals surface area contributed by atoms with Crippen LogP contribution in [0.3, 0.4) is 0 Å². The van der Waals surface area contributed by atoms with Crippen molar-refractivity contribution in [3.05, 3.63) is 17.7 Å². The van der Waals surface area contributed by atoms with Gasteiger partial charge in [0.05, 0.1) is 27.9 Å². The molecule has 0 spiro atoms. The van der Waals surface area contributed by atoms with E-state index in [-0.39, 0.29) is 12.8 Å². The van der Waals surface area contributed by atoms with Crippen molar-refractivity contribution < 1.29 is 37.0 Å². The Kier molecular flexibility index (Phi) is 8.01. The molecule has 0 radical (unpaired) electrons. The highest BCUT2D eigenvalue weighted by atomic mass is 19.4. The van der Waals surface area contributed by atoms with Crippen LogP contribution in [0.25, 0.3) is 0 Å². The van der Waals surface area contributed by atoms with Crippen LogP contribution < -0.4 is 24.8 Å². The fraction of sp³-hybridized carbons (Fsp3) is 0.500. The van der Waals surface area contributed by atoms with E-state index in [0.29, 0.717) is 22.8 Å². The number of nitrogens with one attached hydrogen (secondary N) is 2. The summed E-state index contributed by atoms with van der Waals surface area (Å²) in [5.41, 5.74) is 0.682. The highest BCUT2D eigenvalue weighted by molar-refractivity contribution is 5.84. The standard InChI is InChI=1S/C16H21F3N2O5/c1-24-11-6-4-10(14(25-2)15(11)26-3)5-7-12(22)20-8-13(23)21-9-16(17,18)19/h4,6H,5,7-9H2,1-3H3,(H,20,22)(H,21,23). The quantitative estimate of drug-likeness (QED) is 0.679. The first-order valence-corrected chi connectivity index (χ1v) is 7.59. The second kappa shape index (κ2) is 9.73. The molecule has 0 bridgehead atoms. The van der Waals surface area contributed by atoms with Gasteiger partial charge in [0.1, 0.15) is 6.54 Å². The number of ether oxygens (including phenoxy) is 3. The molecule has 7 nitrogen and oxygen atoms in total. The number of alkyl halides is 3. The van der Waals surface area contributed by atoms with Crippen LogP contribution in [0, 0.1) is 0 Å². The Bertz CT molecular complexity index is 635. The van der Waals surface area contributed by atoms with Crippen LogP contribution in [-0.4, -0.2) is 52.4 Å². The summed E-state index contributed by atoms with van der Waals surface area (Å²) >= 11 is 0. The monoisotopic (exact) mass is 378 g/mol. The average Bonchev–Trinajstić information content (AvgIpc) is 2.61. The fourth-order valence-corrected chi connectivity index (χ4v) is 2.14. The number of halogens is 3. The molecule has 2 amide bonds. The van der Waals surface area contributed by atoms with E-state index >= 15 is 0 Å². The molecule has 0 heterocycles. The largest absolute Gasteiger partial charge is 0.493 e. The molecule has 1 aromatic rings. The minimum absolute atomic E-state index is 0.0123. The predicted octanol–water partition coefficient (Wildman–Crippen LogP) is 1.44. The molecule has 2 N–H and O–H groups in total. The third-order valence-corrected chi connectivity index (χ3v) is 3.34. The summed E-state index contributed by atoms with van der Waals surface area (Å²) in [7, 11) is 4.39. The maximum atomic E-state index is 12.0. The number of hydrogen-bond acceptors (Lipinski definition) is 5.